The number of primary amides is 2. The number of para-hydroxylation sites is 1. The average Bonchev–Trinajstić information content (AvgIpc) is 1.65. The Morgan fingerprint density at radius 3 is 1.95 bits per heavy atom. The van der Waals surface area contributed by atoms with E-state index in [4.69, 9.17) is 22.9 Å². The van der Waals surface area contributed by atoms with Crippen molar-refractivity contribution in [2.75, 3.05) is 31.1 Å². The lowest BCUT2D eigenvalue weighted by molar-refractivity contribution is -0.148. The molecule has 2 aromatic heterocycles. The summed E-state index contributed by atoms with van der Waals surface area (Å²) in [4.78, 5) is 248. The highest BCUT2D eigenvalue weighted by Gasteiger charge is 2.43. The molecule has 9 amide bonds. The number of phenols is 1. The second-order valence-corrected chi connectivity index (χ2v) is 31.6. The predicted octanol–water partition coefficient (Wildman–Crippen LogP) is 1.65. The number of thiol groups is 2. The van der Waals surface area contributed by atoms with Crippen LogP contribution in [0.3, 0.4) is 0 Å². The van der Waals surface area contributed by atoms with Crippen molar-refractivity contribution in [1.82, 2.24) is 56.8 Å². The summed E-state index contributed by atoms with van der Waals surface area (Å²) >= 11 is 8.74. The summed E-state index contributed by atoms with van der Waals surface area (Å²) in [5.74, 6) is -24.3. The second-order valence-electron chi connectivity index (χ2n) is 30.9. The summed E-state index contributed by atoms with van der Waals surface area (Å²) in [5.41, 5.74) is 23.9. The number of H-pyrrole nitrogens is 1. The average molecular weight is 1710 g/mol. The molecule has 0 saturated carbocycles. The van der Waals surface area contributed by atoms with Gasteiger partial charge in [-0.1, -0.05) is 55.3 Å². The molecule has 0 radical (unpaired) electrons. The molecule has 4 aromatic rings. The van der Waals surface area contributed by atoms with Crippen molar-refractivity contribution in [3.63, 3.8) is 0 Å². The first-order chi connectivity index (χ1) is 57.1. The van der Waals surface area contributed by atoms with Gasteiger partial charge in [0.15, 0.2) is 40.7 Å². The molecule has 656 valence electrons. The van der Waals surface area contributed by atoms with E-state index in [0.717, 1.165) is 24.7 Å². The highest BCUT2D eigenvalue weighted by molar-refractivity contribution is 7.80. The van der Waals surface area contributed by atoms with Crippen LogP contribution < -0.4 is 54.8 Å². The Bertz CT molecular complexity index is 4300. The zero-order chi connectivity index (χ0) is 88.3. The lowest BCUT2D eigenvalue weighted by Crippen LogP contribution is -2.52. The van der Waals surface area contributed by atoms with E-state index < -0.39 is 236 Å². The first-order valence-electron chi connectivity index (χ1n) is 40.5. The molecule has 1 fully saturated rings. The summed E-state index contributed by atoms with van der Waals surface area (Å²) < 4.78 is 1.27. The molecule has 37 nitrogen and oxygen atoms in total. The molecule has 2 aliphatic heterocycles. The number of Topliss-reactive ketones (excluding diaryl/α,β-unsaturated/α-hetero) is 7. The van der Waals surface area contributed by atoms with Crippen LogP contribution in [-0.4, -0.2) is 225 Å². The Balaban J connectivity index is 1.47. The number of carbonyl (C=O) groups excluding carboxylic acids is 15. The maximum atomic E-state index is 15.3. The fraction of sp³-hybridized carbons (Fsp3) is 0.580. The van der Waals surface area contributed by atoms with Crippen LogP contribution >= 0.6 is 25.3 Å². The molecule has 1 saturated heterocycles. The number of aliphatic imine (C=N–C) groups is 1. The third-order valence-electron chi connectivity index (χ3n) is 21.4. The number of urea groups is 1. The number of aliphatic hydroxyl groups is 1. The van der Waals surface area contributed by atoms with Gasteiger partial charge in [0.05, 0.1) is 66.2 Å². The van der Waals surface area contributed by atoms with Gasteiger partial charge in [0, 0.05) is 156 Å². The number of aliphatic hydroxyl groups excluding tert-OH is 1. The topological polar surface area (TPSA) is 609 Å². The molecule has 120 heavy (non-hydrogen) atoms. The number of aromatic nitrogens is 4. The molecule has 6 rings (SSSR count). The standard InChI is InChI=1S/C81H114N16O21S2/c1-3-4-5-14-55(99)24-26-71(108)89-61(43-119)67(104)37-50-32-54-42-96(95-94-54)29-10-17-59(64(101)39-52(79(116)117)31-46-19-22-56(100)23-20-46)90-76(113)49(21-25-70(82)107)35-65(102)60(33-53-41-88-58-16-7-6-15-57(53)58)91-74(111)47(13-9-28-87-81(85)118)34-66(103)62(44-120)92-75(112)48(12-8-27-86-80(83)84)36-68(105)63-18-11-30-97(63)78(115)51(40-72(109)110)38-69(106)73(45(2)98)93-77(50)114/h6-7,15-16,19-20,22-23,41-42,45,47-52,59-63,73,88,98,100,119-120H,3-5,8-14,17-18,21,24-40,43-44H2,1-2H3,(H2,82,107)(H,89,108)(H,90,113)(H,91,111)(H,92,112)(H,93,114)(H,109,110)(H,116,117)(H4,83,84,86)(H3,85,87,118)/t45-,47-,48-,49-,50-,51+,52-,59+,60+,61+,62+,63+,73+/m1/s1. The molecule has 2 aromatic carbocycles. The number of unbranched alkanes of at least 4 members (excludes halogenated alkanes) is 2. The molecule has 4 heterocycles. The fourth-order valence-electron chi connectivity index (χ4n) is 14.8. The quantitative estimate of drug-likeness (QED) is 0.0135. The number of guanidine groups is 1. The minimum atomic E-state index is -1.91. The molecular weight excluding hydrogens is 1600 g/mol. The number of nitrogens with two attached hydrogens (primary N) is 4. The SMILES string of the molecule is CCCCCC(=O)CCC(=O)N[C@@H](CS)C(=O)C[C@H]1Cc2cn(nn2)CCC[C@@H](C(=O)C[C@@H](Cc2ccc(O)cc2)C(=O)O)NC(=O)[C@H](CCC(N)=O)CC(=O)[C@H](Cc2c[nH]c3ccccc23)NC(=O)[C@H](CCCNC(N)=O)CC(=O)[C@H](CS)NC(=O)[C@H](CCCN=C(N)N)CC(=O)[C@@H]2CCCN2C(=O)[C@H](CC(=O)O)CC(=O)[C@H]([C@@H](C)O)NC1=O. The van der Waals surface area contributed by atoms with Crippen LogP contribution in [0.5, 0.6) is 5.75 Å². The number of benzene rings is 2. The summed E-state index contributed by atoms with van der Waals surface area (Å²) in [7, 11) is 0. The molecule has 0 spiro atoms. The van der Waals surface area contributed by atoms with Crippen LogP contribution in [0.15, 0.2) is 65.9 Å². The van der Waals surface area contributed by atoms with Crippen LogP contribution in [0.25, 0.3) is 10.9 Å². The van der Waals surface area contributed by atoms with E-state index in [-0.39, 0.29) is 144 Å². The first kappa shape index (κ1) is 97.9. The number of ketones is 7. The number of carbonyl (C=O) groups is 17. The van der Waals surface area contributed by atoms with E-state index >= 15 is 14.4 Å². The highest BCUT2D eigenvalue weighted by atomic mass is 32.1. The Hall–Kier alpha value is -11.0. The number of nitrogens with one attached hydrogen (secondary N) is 7. The molecule has 0 unspecified atom stereocenters. The predicted molar refractivity (Wildman–Crippen MR) is 443 cm³/mol. The van der Waals surface area contributed by atoms with Gasteiger partial charge >= 0.3 is 18.0 Å². The van der Waals surface area contributed by atoms with Crippen LogP contribution in [0.2, 0.25) is 0 Å². The summed E-state index contributed by atoms with van der Waals surface area (Å²) in [6, 6.07) is 2.50. The number of aryl methyl sites for hydroxylation is 1. The number of hydrogen-bond acceptors (Lipinski definition) is 24. The third kappa shape index (κ3) is 32.3. The number of aromatic hydroxyl groups is 1. The number of fused-ring (bicyclic) bond motifs is 4. The Morgan fingerprint density at radius 2 is 1.31 bits per heavy atom. The smallest absolute Gasteiger partial charge is 0.312 e. The van der Waals surface area contributed by atoms with Crippen molar-refractivity contribution < 1.29 is 102 Å². The van der Waals surface area contributed by atoms with E-state index in [9.17, 15) is 87.5 Å². The van der Waals surface area contributed by atoms with Crippen molar-refractivity contribution in [3.8, 4) is 5.75 Å². The number of hydrogen-bond donors (Lipinski definition) is 17. The van der Waals surface area contributed by atoms with Gasteiger partial charge in [0.25, 0.3) is 0 Å². The van der Waals surface area contributed by atoms with Crippen LogP contribution in [0.1, 0.15) is 178 Å². The number of nitrogens with zero attached hydrogens (tertiary/aromatic N) is 5. The first-order valence-corrected chi connectivity index (χ1v) is 41.8. The van der Waals surface area contributed by atoms with Gasteiger partial charge in [-0.05, 0) is 107 Å². The van der Waals surface area contributed by atoms with E-state index in [0.29, 0.717) is 28.5 Å². The lowest BCUT2D eigenvalue weighted by Gasteiger charge is -2.30. The fourth-order valence-corrected chi connectivity index (χ4v) is 15.4. The molecule has 0 aliphatic carbocycles. The van der Waals surface area contributed by atoms with E-state index in [1.54, 1.807) is 30.5 Å². The molecule has 2 bridgehead atoms. The van der Waals surface area contributed by atoms with Gasteiger partial charge in [0.2, 0.25) is 41.4 Å². The molecular formula is C81H114N16O21S2. The van der Waals surface area contributed by atoms with Gasteiger partial charge in [0.1, 0.15) is 17.6 Å². The summed E-state index contributed by atoms with van der Waals surface area (Å²) in [6.45, 7) is 2.69. The molecule has 19 N–H and O–H groups in total. The maximum absolute atomic E-state index is 15.3. The normalized spacial score (nSPS) is 22.2. The molecule has 2 aliphatic rings. The Morgan fingerprint density at radius 1 is 0.675 bits per heavy atom. The minimum Gasteiger partial charge on any atom is -0.508 e. The van der Waals surface area contributed by atoms with Crippen molar-refractivity contribution in [1.29, 1.82) is 0 Å². The van der Waals surface area contributed by atoms with E-state index in [1.165, 1.54) is 35.1 Å². The summed E-state index contributed by atoms with van der Waals surface area (Å²) in [6.07, 6.45) is -4.20. The van der Waals surface area contributed by atoms with Gasteiger partial charge in [-0.15, -0.1) is 5.10 Å². The second kappa shape index (κ2) is 49.6. The van der Waals surface area contributed by atoms with E-state index in [1.807, 2.05) is 6.92 Å². The number of carboxylic acids is 2. The Labute approximate surface area is 704 Å². The molecule has 13 atom stereocenters. The Kier molecular flexibility index (Phi) is 40.4. The number of aliphatic carboxylic acids is 2. The lowest BCUT2D eigenvalue weighted by atomic mass is 9.88. The monoisotopic (exact) mass is 1710 g/mol. The highest BCUT2D eigenvalue weighted by Crippen LogP contribution is 2.30. The molecule has 39 heteroatoms. The zero-order valence-electron chi connectivity index (χ0n) is 67.6. The number of aromatic amines is 1. The van der Waals surface area contributed by atoms with Crippen molar-refractivity contribution in [2.24, 2.45) is 63.4 Å². The van der Waals surface area contributed by atoms with Gasteiger partial charge in [-0.2, -0.15) is 25.3 Å². The number of rotatable bonds is 35. The van der Waals surface area contributed by atoms with Crippen LogP contribution in [0.4, 0.5) is 4.79 Å². The van der Waals surface area contributed by atoms with Crippen LogP contribution in [0, 0.1) is 35.5 Å². The third-order valence-corrected chi connectivity index (χ3v) is 22.2. The van der Waals surface area contributed by atoms with Gasteiger partial charge < -0.3 is 85.1 Å². The van der Waals surface area contributed by atoms with Crippen molar-refractivity contribution in [2.45, 2.75) is 230 Å². The number of phenolic OH excluding ortho intramolecular Hbond substituents is 1. The number of amides is 9. The van der Waals surface area contributed by atoms with Crippen molar-refractivity contribution in [3.05, 3.63) is 77.7 Å². The van der Waals surface area contributed by atoms with Gasteiger partial charge in [-0.3, -0.25) is 86.4 Å². The van der Waals surface area contributed by atoms with Crippen LogP contribution in [-0.2, 0) is 103 Å². The van der Waals surface area contributed by atoms with Crippen molar-refractivity contribution >= 4 is 142 Å². The maximum Gasteiger partial charge on any atom is 0.312 e. The number of carboxylic acid groups (broad SMARTS) is 2. The van der Waals surface area contributed by atoms with Gasteiger partial charge in [-0.25, -0.2) is 4.79 Å². The van der Waals surface area contributed by atoms with E-state index in [2.05, 4.69) is 77.4 Å². The summed E-state index contributed by atoms with van der Waals surface area (Å²) in [5, 5.41) is 66.9. The minimum absolute atomic E-state index is 0.00955. The largest absolute Gasteiger partial charge is 0.508 e. The zero-order valence-corrected chi connectivity index (χ0v) is 69.4.